The Morgan fingerprint density at radius 2 is 1.82 bits per heavy atom. The maximum Gasteiger partial charge on any atom is 0.410 e. The third-order valence-electron chi connectivity index (χ3n) is 5.20. The third kappa shape index (κ3) is 7.14. The van der Waals surface area contributed by atoms with Crippen molar-refractivity contribution in [1.82, 2.24) is 4.90 Å². The van der Waals surface area contributed by atoms with E-state index in [2.05, 4.69) is 0 Å². The van der Waals surface area contributed by atoms with Crippen LogP contribution < -0.4 is 0 Å². The number of hydrogen-bond acceptors (Lipinski definition) is 5. The molecule has 1 saturated heterocycles. The number of piperidine rings is 1. The second-order valence-electron chi connectivity index (χ2n) is 7.41. The zero-order valence-electron chi connectivity index (χ0n) is 16.2. The number of benzene rings is 1. The monoisotopic (exact) mass is 411 g/mol. The Kier molecular flexibility index (Phi) is 8.29. The molecule has 0 spiro atoms. The molecule has 1 aromatic rings. The fourth-order valence-corrected chi connectivity index (χ4v) is 4.46. The Labute approximate surface area is 166 Å². The third-order valence-corrected chi connectivity index (χ3v) is 6.67. The average Bonchev–Trinajstić information content (AvgIpc) is 2.66. The number of carboxylic acids is 1. The smallest absolute Gasteiger partial charge is 0.410 e. The molecule has 1 fully saturated rings. The SMILES string of the molecule is CS(=O)(=O)C(CCCCC1CCN(C(=O)OCc2ccccc2)CC1)C(=O)O. The summed E-state index contributed by atoms with van der Waals surface area (Å²) in [5.41, 5.74) is 0.958. The van der Waals surface area contributed by atoms with E-state index in [-0.39, 0.29) is 19.1 Å². The molecule has 1 heterocycles. The van der Waals surface area contributed by atoms with Gasteiger partial charge in [0.15, 0.2) is 15.1 Å². The van der Waals surface area contributed by atoms with Gasteiger partial charge in [0.25, 0.3) is 0 Å². The molecule has 0 aromatic heterocycles. The summed E-state index contributed by atoms with van der Waals surface area (Å²) >= 11 is 0. The number of nitrogens with zero attached hydrogens (tertiary/aromatic N) is 1. The molecule has 0 aliphatic carbocycles. The summed E-state index contributed by atoms with van der Waals surface area (Å²) in [6.45, 7) is 1.57. The molecular weight excluding hydrogens is 382 g/mol. The average molecular weight is 412 g/mol. The fourth-order valence-electron chi connectivity index (χ4n) is 3.50. The van der Waals surface area contributed by atoms with E-state index in [0.717, 1.165) is 37.5 Å². The summed E-state index contributed by atoms with van der Waals surface area (Å²) in [5, 5.41) is 7.71. The van der Waals surface area contributed by atoms with Crippen molar-refractivity contribution in [2.75, 3.05) is 19.3 Å². The normalized spacial score (nSPS) is 16.5. The van der Waals surface area contributed by atoms with Crippen LogP contribution in [0.3, 0.4) is 0 Å². The highest BCUT2D eigenvalue weighted by molar-refractivity contribution is 7.92. The molecular formula is C20H29NO6S. The number of hydrogen-bond donors (Lipinski definition) is 1. The Morgan fingerprint density at radius 3 is 2.39 bits per heavy atom. The lowest BCUT2D eigenvalue weighted by atomic mass is 9.91. The van der Waals surface area contributed by atoms with Gasteiger partial charge in [0.2, 0.25) is 0 Å². The van der Waals surface area contributed by atoms with Gasteiger partial charge in [0.05, 0.1) is 0 Å². The standard InChI is InChI=1S/C20H29NO6S/c1-28(25,26)18(19(22)23)10-6-5-7-16-11-13-21(14-12-16)20(24)27-15-17-8-3-2-4-9-17/h2-4,8-9,16,18H,5-7,10-15H2,1H3,(H,22,23). The van der Waals surface area contributed by atoms with E-state index in [1.165, 1.54) is 0 Å². The lowest BCUT2D eigenvalue weighted by molar-refractivity contribution is -0.136. The first-order valence-corrected chi connectivity index (χ1v) is 11.6. The van der Waals surface area contributed by atoms with Crippen LogP contribution in [0.1, 0.15) is 44.1 Å². The van der Waals surface area contributed by atoms with Gasteiger partial charge < -0.3 is 14.7 Å². The predicted octanol–water partition coefficient (Wildman–Crippen LogP) is 3.09. The van der Waals surface area contributed by atoms with E-state index >= 15 is 0 Å². The van der Waals surface area contributed by atoms with Crippen LogP contribution in [0.25, 0.3) is 0 Å². The number of rotatable bonds is 9. The highest BCUT2D eigenvalue weighted by Gasteiger charge is 2.28. The Hall–Kier alpha value is -2.09. The fraction of sp³-hybridized carbons (Fsp3) is 0.600. The van der Waals surface area contributed by atoms with Gasteiger partial charge in [-0.25, -0.2) is 13.2 Å². The minimum absolute atomic E-state index is 0.152. The first-order valence-electron chi connectivity index (χ1n) is 9.64. The van der Waals surface area contributed by atoms with Crippen LogP contribution in [0.2, 0.25) is 0 Å². The van der Waals surface area contributed by atoms with E-state index in [1.807, 2.05) is 30.3 Å². The zero-order chi connectivity index (χ0) is 20.6. The van der Waals surface area contributed by atoms with Crippen molar-refractivity contribution in [2.24, 2.45) is 5.92 Å². The van der Waals surface area contributed by atoms with E-state index in [9.17, 15) is 18.0 Å². The maximum atomic E-state index is 12.2. The Morgan fingerprint density at radius 1 is 1.18 bits per heavy atom. The Bertz CT molecular complexity index is 741. The number of carbonyl (C=O) groups excluding carboxylic acids is 1. The molecule has 0 bridgehead atoms. The predicted molar refractivity (Wildman–Crippen MR) is 106 cm³/mol. The number of amides is 1. The van der Waals surface area contributed by atoms with Gasteiger partial charge in [-0.05, 0) is 30.7 Å². The van der Waals surface area contributed by atoms with Gasteiger partial charge in [-0.2, -0.15) is 0 Å². The van der Waals surface area contributed by atoms with Gasteiger partial charge in [0.1, 0.15) is 6.61 Å². The molecule has 8 heteroatoms. The molecule has 1 aliphatic heterocycles. The molecule has 28 heavy (non-hydrogen) atoms. The van der Waals surface area contributed by atoms with Crippen LogP contribution in [-0.4, -0.2) is 55.1 Å². The molecule has 0 saturated carbocycles. The number of sulfone groups is 1. The number of aliphatic carboxylic acids is 1. The molecule has 2 rings (SSSR count). The van der Waals surface area contributed by atoms with Crippen LogP contribution in [0.5, 0.6) is 0 Å². The van der Waals surface area contributed by atoms with Crippen LogP contribution in [0, 0.1) is 5.92 Å². The topological polar surface area (TPSA) is 101 Å². The van der Waals surface area contributed by atoms with E-state index in [0.29, 0.717) is 25.4 Å². The molecule has 1 unspecified atom stereocenters. The van der Waals surface area contributed by atoms with Gasteiger partial charge in [-0.3, -0.25) is 4.79 Å². The van der Waals surface area contributed by atoms with Crippen molar-refractivity contribution in [3.63, 3.8) is 0 Å². The number of carboxylic acid groups (broad SMARTS) is 1. The molecule has 156 valence electrons. The van der Waals surface area contributed by atoms with Crippen molar-refractivity contribution < 1.29 is 27.9 Å². The minimum Gasteiger partial charge on any atom is -0.480 e. The first-order chi connectivity index (χ1) is 13.3. The molecule has 7 nitrogen and oxygen atoms in total. The number of likely N-dealkylation sites (tertiary alicyclic amines) is 1. The van der Waals surface area contributed by atoms with Crippen LogP contribution in [-0.2, 0) is 26.0 Å². The Balaban J connectivity index is 1.64. The van der Waals surface area contributed by atoms with E-state index < -0.39 is 21.1 Å². The van der Waals surface area contributed by atoms with Crippen molar-refractivity contribution >= 4 is 21.9 Å². The van der Waals surface area contributed by atoms with Crippen molar-refractivity contribution in [2.45, 2.75) is 50.4 Å². The van der Waals surface area contributed by atoms with Crippen molar-refractivity contribution in [3.05, 3.63) is 35.9 Å². The van der Waals surface area contributed by atoms with Gasteiger partial charge in [0, 0.05) is 19.3 Å². The molecule has 1 N–H and O–H groups in total. The van der Waals surface area contributed by atoms with Gasteiger partial charge in [-0.15, -0.1) is 0 Å². The number of carbonyl (C=O) groups is 2. The van der Waals surface area contributed by atoms with Crippen molar-refractivity contribution in [1.29, 1.82) is 0 Å². The number of unbranched alkanes of at least 4 members (excludes halogenated alkanes) is 1. The second-order valence-corrected chi connectivity index (χ2v) is 9.64. The summed E-state index contributed by atoms with van der Waals surface area (Å²) < 4.78 is 28.3. The van der Waals surface area contributed by atoms with Crippen LogP contribution in [0.4, 0.5) is 4.79 Å². The van der Waals surface area contributed by atoms with Gasteiger partial charge >= 0.3 is 12.1 Å². The number of ether oxygens (including phenoxy) is 1. The first kappa shape index (κ1) is 22.2. The minimum atomic E-state index is -3.57. The van der Waals surface area contributed by atoms with E-state index in [4.69, 9.17) is 9.84 Å². The zero-order valence-corrected chi connectivity index (χ0v) is 17.1. The quantitative estimate of drug-likeness (QED) is 0.627. The maximum absolute atomic E-state index is 12.2. The van der Waals surface area contributed by atoms with Crippen molar-refractivity contribution in [3.8, 4) is 0 Å². The summed E-state index contributed by atoms with van der Waals surface area (Å²) in [6, 6.07) is 9.56. The second kappa shape index (κ2) is 10.5. The molecule has 1 aliphatic rings. The summed E-state index contributed by atoms with van der Waals surface area (Å²) in [6.07, 6.45) is 4.88. The summed E-state index contributed by atoms with van der Waals surface area (Å²) in [5.74, 6) is -0.801. The van der Waals surface area contributed by atoms with Gasteiger partial charge in [-0.1, -0.05) is 49.6 Å². The molecule has 1 atom stereocenters. The molecule has 1 amide bonds. The summed E-state index contributed by atoms with van der Waals surface area (Å²) in [4.78, 5) is 24.9. The molecule has 1 aromatic carbocycles. The highest BCUT2D eigenvalue weighted by Crippen LogP contribution is 2.24. The summed E-state index contributed by atoms with van der Waals surface area (Å²) in [7, 11) is -3.57. The molecule has 0 radical (unpaired) electrons. The van der Waals surface area contributed by atoms with Crippen LogP contribution in [0.15, 0.2) is 30.3 Å². The lowest BCUT2D eigenvalue weighted by Gasteiger charge is -2.31. The van der Waals surface area contributed by atoms with E-state index in [1.54, 1.807) is 4.90 Å². The van der Waals surface area contributed by atoms with Crippen LogP contribution >= 0.6 is 0 Å². The lowest BCUT2D eigenvalue weighted by Crippen LogP contribution is -2.38. The highest BCUT2D eigenvalue weighted by atomic mass is 32.2. The largest absolute Gasteiger partial charge is 0.480 e.